The molecule has 0 atom stereocenters. The Morgan fingerprint density at radius 1 is 1.40 bits per heavy atom. The number of imidazole rings is 1. The van der Waals surface area contributed by atoms with Gasteiger partial charge in [0.05, 0.1) is 17.0 Å². The summed E-state index contributed by atoms with van der Waals surface area (Å²) in [4.78, 5) is 25.8. The highest BCUT2D eigenvalue weighted by molar-refractivity contribution is 5.21. The second kappa shape index (κ2) is 4.86. The monoisotopic (exact) mass is 273 g/mol. The second-order valence-electron chi connectivity index (χ2n) is 5.39. The fourth-order valence-electron chi connectivity index (χ4n) is 2.67. The average Bonchev–Trinajstić information content (AvgIpc) is 2.71. The van der Waals surface area contributed by atoms with Gasteiger partial charge in [0, 0.05) is 39.3 Å². The van der Waals surface area contributed by atoms with Crippen LogP contribution in [0.25, 0.3) is 0 Å². The van der Waals surface area contributed by atoms with Crippen LogP contribution in [0, 0.1) is 13.8 Å². The van der Waals surface area contributed by atoms with Crippen LogP contribution in [0.4, 0.5) is 0 Å². The van der Waals surface area contributed by atoms with Crippen LogP contribution in [-0.2, 0) is 26.6 Å². The number of H-pyrrole nitrogens is 1. The topological polar surface area (TPSA) is 66.8 Å². The van der Waals surface area contributed by atoms with E-state index in [1.165, 1.54) is 5.69 Å². The summed E-state index contributed by atoms with van der Waals surface area (Å²) in [7, 11) is 2.02. The van der Waals surface area contributed by atoms with Crippen molar-refractivity contribution in [3.05, 3.63) is 45.2 Å². The first-order chi connectivity index (χ1) is 9.54. The number of aryl methyl sites for hydroxylation is 2. The van der Waals surface area contributed by atoms with E-state index in [0.717, 1.165) is 36.6 Å². The van der Waals surface area contributed by atoms with Crippen LogP contribution >= 0.6 is 0 Å². The molecule has 0 unspecified atom stereocenters. The molecular weight excluding hydrogens is 254 g/mol. The van der Waals surface area contributed by atoms with Gasteiger partial charge in [-0.3, -0.25) is 9.69 Å². The van der Waals surface area contributed by atoms with Gasteiger partial charge in [-0.25, -0.2) is 9.97 Å². The molecule has 6 heteroatoms. The molecule has 2 aromatic heterocycles. The lowest BCUT2D eigenvalue weighted by atomic mass is 10.1. The lowest BCUT2D eigenvalue weighted by molar-refractivity contribution is 0.236. The van der Waals surface area contributed by atoms with Crippen molar-refractivity contribution < 1.29 is 0 Å². The van der Waals surface area contributed by atoms with Crippen LogP contribution in [0.3, 0.4) is 0 Å². The van der Waals surface area contributed by atoms with Gasteiger partial charge in [-0.1, -0.05) is 0 Å². The Kier molecular flexibility index (Phi) is 3.17. The SMILES string of the molecule is Cc1nc2c(c(=O)[nH]1)CN(Cc1cnc(C)n1C)CC2. The minimum Gasteiger partial charge on any atom is -0.334 e. The number of hydrogen-bond acceptors (Lipinski definition) is 4. The first kappa shape index (κ1) is 13.1. The minimum absolute atomic E-state index is 0.00149. The highest BCUT2D eigenvalue weighted by Crippen LogP contribution is 2.16. The van der Waals surface area contributed by atoms with Gasteiger partial charge in [-0.05, 0) is 13.8 Å². The van der Waals surface area contributed by atoms with E-state index >= 15 is 0 Å². The normalized spacial score (nSPS) is 15.3. The van der Waals surface area contributed by atoms with Crippen LogP contribution in [-0.4, -0.2) is 31.0 Å². The summed E-state index contributed by atoms with van der Waals surface area (Å²) in [5.74, 6) is 1.71. The molecule has 0 saturated carbocycles. The number of aromatic amines is 1. The molecular formula is C14H19N5O. The molecule has 0 fully saturated rings. The smallest absolute Gasteiger partial charge is 0.255 e. The molecule has 0 aliphatic carbocycles. The summed E-state index contributed by atoms with van der Waals surface area (Å²) < 4.78 is 2.09. The Balaban J connectivity index is 1.82. The molecule has 1 N–H and O–H groups in total. The van der Waals surface area contributed by atoms with Crippen LogP contribution < -0.4 is 5.56 Å². The van der Waals surface area contributed by atoms with Gasteiger partial charge in [0.1, 0.15) is 11.6 Å². The van der Waals surface area contributed by atoms with E-state index in [1.54, 1.807) is 0 Å². The van der Waals surface area contributed by atoms with Crippen LogP contribution in [0.2, 0.25) is 0 Å². The minimum atomic E-state index is -0.00149. The maximum atomic E-state index is 12.0. The van der Waals surface area contributed by atoms with E-state index in [1.807, 2.05) is 27.1 Å². The van der Waals surface area contributed by atoms with E-state index in [9.17, 15) is 4.79 Å². The third kappa shape index (κ3) is 2.27. The summed E-state index contributed by atoms with van der Waals surface area (Å²) in [6.45, 7) is 6.21. The molecule has 6 nitrogen and oxygen atoms in total. The third-order valence-electron chi connectivity index (χ3n) is 3.97. The van der Waals surface area contributed by atoms with Gasteiger partial charge in [0.15, 0.2) is 0 Å². The first-order valence-corrected chi connectivity index (χ1v) is 6.83. The van der Waals surface area contributed by atoms with Gasteiger partial charge < -0.3 is 9.55 Å². The van der Waals surface area contributed by atoms with E-state index in [2.05, 4.69) is 24.4 Å². The van der Waals surface area contributed by atoms with Crippen molar-refractivity contribution in [2.24, 2.45) is 7.05 Å². The Hall–Kier alpha value is -1.95. The van der Waals surface area contributed by atoms with Crippen molar-refractivity contribution in [2.75, 3.05) is 6.54 Å². The summed E-state index contributed by atoms with van der Waals surface area (Å²) in [6, 6.07) is 0. The number of aromatic nitrogens is 4. The Morgan fingerprint density at radius 3 is 2.90 bits per heavy atom. The lowest BCUT2D eigenvalue weighted by Crippen LogP contribution is -2.36. The molecule has 0 aromatic carbocycles. The molecule has 0 bridgehead atoms. The number of nitrogens with zero attached hydrogens (tertiary/aromatic N) is 4. The van der Waals surface area contributed by atoms with E-state index in [0.29, 0.717) is 12.4 Å². The van der Waals surface area contributed by atoms with Crippen LogP contribution in [0.1, 0.15) is 28.6 Å². The van der Waals surface area contributed by atoms with Gasteiger partial charge in [-0.15, -0.1) is 0 Å². The van der Waals surface area contributed by atoms with Gasteiger partial charge in [0.25, 0.3) is 5.56 Å². The third-order valence-corrected chi connectivity index (χ3v) is 3.97. The fourth-order valence-corrected chi connectivity index (χ4v) is 2.67. The summed E-state index contributed by atoms with van der Waals surface area (Å²) >= 11 is 0. The summed E-state index contributed by atoms with van der Waals surface area (Å²) in [5, 5.41) is 0. The molecule has 2 aromatic rings. The molecule has 0 spiro atoms. The molecule has 106 valence electrons. The highest BCUT2D eigenvalue weighted by Gasteiger charge is 2.21. The predicted molar refractivity (Wildman–Crippen MR) is 75.4 cm³/mol. The van der Waals surface area contributed by atoms with E-state index in [-0.39, 0.29) is 5.56 Å². The molecule has 3 heterocycles. The van der Waals surface area contributed by atoms with Crippen molar-refractivity contribution in [1.29, 1.82) is 0 Å². The van der Waals surface area contributed by atoms with Gasteiger partial charge in [0.2, 0.25) is 0 Å². The van der Waals surface area contributed by atoms with Crippen LogP contribution in [0.15, 0.2) is 11.0 Å². The zero-order chi connectivity index (χ0) is 14.3. The van der Waals surface area contributed by atoms with Crippen molar-refractivity contribution >= 4 is 0 Å². The zero-order valence-corrected chi connectivity index (χ0v) is 12.1. The standard InChI is InChI=1S/C14H19N5O/c1-9-16-13-4-5-19(8-12(13)14(20)17-9)7-11-6-15-10(2)18(11)3/h6H,4-5,7-8H2,1-3H3,(H,16,17,20). The zero-order valence-electron chi connectivity index (χ0n) is 12.1. The Bertz CT molecular complexity index is 700. The lowest BCUT2D eigenvalue weighted by Gasteiger charge is -2.27. The number of fused-ring (bicyclic) bond motifs is 1. The molecule has 0 radical (unpaired) electrons. The molecule has 20 heavy (non-hydrogen) atoms. The molecule has 1 aliphatic heterocycles. The van der Waals surface area contributed by atoms with E-state index < -0.39 is 0 Å². The summed E-state index contributed by atoms with van der Waals surface area (Å²) in [5.41, 5.74) is 2.92. The van der Waals surface area contributed by atoms with Crippen molar-refractivity contribution in [3.8, 4) is 0 Å². The first-order valence-electron chi connectivity index (χ1n) is 6.83. The number of nitrogens with one attached hydrogen (secondary N) is 1. The van der Waals surface area contributed by atoms with Gasteiger partial charge in [-0.2, -0.15) is 0 Å². The van der Waals surface area contributed by atoms with Gasteiger partial charge >= 0.3 is 0 Å². The molecule has 0 saturated heterocycles. The second-order valence-corrected chi connectivity index (χ2v) is 5.39. The van der Waals surface area contributed by atoms with Crippen LogP contribution in [0.5, 0.6) is 0 Å². The van der Waals surface area contributed by atoms with E-state index in [4.69, 9.17) is 0 Å². The molecule has 1 aliphatic rings. The predicted octanol–water partition coefficient (Wildman–Crippen LogP) is 0.679. The van der Waals surface area contributed by atoms with Crippen molar-refractivity contribution in [2.45, 2.75) is 33.4 Å². The molecule has 0 amide bonds. The summed E-state index contributed by atoms with van der Waals surface area (Å²) in [6.07, 6.45) is 2.74. The Morgan fingerprint density at radius 2 is 2.20 bits per heavy atom. The molecule has 3 rings (SSSR count). The fraction of sp³-hybridized carbons (Fsp3) is 0.500. The largest absolute Gasteiger partial charge is 0.334 e. The number of hydrogen-bond donors (Lipinski definition) is 1. The maximum absolute atomic E-state index is 12.0. The Labute approximate surface area is 117 Å². The van der Waals surface area contributed by atoms with Crippen molar-refractivity contribution in [1.82, 2.24) is 24.4 Å². The van der Waals surface area contributed by atoms with Crippen molar-refractivity contribution in [3.63, 3.8) is 0 Å². The highest BCUT2D eigenvalue weighted by atomic mass is 16.1. The maximum Gasteiger partial charge on any atom is 0.255 e. The quantitative estimate of drug-likeness (QED) is 0.873. The average molecular weight is 273 g/mol. The number of rotatable bonds is 2.